The minimum absolute atomic E-state index is 0.0707. The Morgan fingerprint density at radius 3 is 2.56 bits per heavy atom. The second-order valence-electron chi connectivity index (χ2n) is 6.07. The quantitative estimate of drug-likeness (QED) is 0.710. The molecule has 25 heavy (non-hydrogen) atoms. The molecule has 2 rings (SSSR count). The van der Waals surface area contributed by atoms with Gasteiger partial charge in [0.15, 0.2) is 0 Å². The summed E-state index contributed by atoms with van der Waals surface area (Å²) >= 11 is 0. The fourth-order valence-corrected chi connectivity index (χ4v) is 2.38. The van der Waals surface area contributed by atoms with Crippen molar-refractivity contribution in [2.45, 2.75) is 32.9 Å². The number of carbonyl (C=O) groups excluding carboxylic acids is 1. The van der Waals surface area contributed by atoms with Crippen molar-refractivity contribution in [2.24, 2.45) is 0 Å². The molecule has 0 bridgehead atoms. The predicted octanol–water partition coefficient (Wildman–Crippen LogP) is 2.98. The predicted molar refractivity (Wildman–Crippen MR) is 98.5 cm³/mol. The summed E-state index contributed by atoms with van der Waals surface area (Å²) in [5.74, 6) is 0.545. The highest BCUT2D eigenvalue weighted by Crippen LogP contribution is 2.12. The second kappa shape index (κ2) is 9.74. The first kappa shape index (κ1) is 18.9. The molecule has 0 radical (unpaired) electrons. The summed E-state index contributed by atoms with van der Waals surface area (Å²) in [6.07, 6.45) is 4.01. The van der Waals surface area contributed by atoms with Crippen molar-refractivity contribution in [1.82, 2.24) is 14.9 Å². The van der Waals surface area contributed by atoms with Gasteiger partial charge in [-0.2, -0.15) is 0 Å². The summed E-state index contributed by atoms with van der Waals surface area (Å²) in [5.41, 5.74) is 1.45. The molecule has 1 aromatic carbocycles. The van der Waals surface area contributed by atoms with Crippen LogP contribution in [-0.4, -0.2) is 47.1 Å². The topological polar surface area (TPSA) is 67.3 Å². The van der Waals surface area contributed by atoms with Crippen LogP contribution in [0.15, 0.2) is 42.7 Å². The molecule has 0 saturated heterocycles. The van der Waals surface area contributed by atoms with Crippen molar-refractivity contribution in [3.63, 3.8) is 0 Å². The van der Waals surface area contributed by atoms with Gasteiger partial charge < -0.3 is 15.0 Å². The molecule has 1 heterocycles. The van der Waals surface area contributed by atoms with Crippen molar-refractivity contribution >= 4 is 11.7 Å². The van der Waals surface area contributed by atoms with Crippen molar-refractivity contribution in [2.75, 3.05) is 25.6 Å². The maximum atomic E-state index is 12.8. The number of nitrogens with one attached hydrogen (secondary N) is 1. The first-order chi connectivity index (χ1) is 12.1. The fourth-order valence-electron chi connectivity index (χ4n) is 2.38. The molecule has 134 valence electrons. The molecule has 0 aliphatic rings. The number of nitrogens with zero attached hydrogens (tertiary/aromatic N) is 3. The molecule has 0 fully saturated rings. The van der Waals surface area contributed by atoms with Crippen molar-refractivity contribution in [1.29, 1.82) is 0 Å². The molecule has 0 unspecified atom stereocenters. The van der Waals surface area contributed by atoms with Crippen LogP contribution in [0.25, 0.3) is 0 Å². The lowest BCUT2D eigenvalue weighted by atomic mass is 10.2. The van der Waals surface area contributed by atoms with Gasteiger partial charge in [0.2, 0.25) is 0 Å². The Balaban J connectivity index is 2.01. The molecule has 1 N–H and O–H groups in total. The first-order valence-electron chi connectivity index (χ1n) is 8.51. The first-order valence-corrected chi connectivity index (χ1v) is 8.51. The van der Waals surface area contributed by atoms with E-state index in [1.165, 1.54) is 6.20 Å². The monoisotopic (exact) mass is 342 g/mol. The average Bonchev–Trinajstić information content (AvgIpc) is 2.64. The molecular formula is C19H26N4O2. The number of hydrogen-bond donors (Lipinski definition) is 1. The van der Waals surface area contributed by atoms with Gasteiger partial charge in [-0.3, -0.25) is 4.79 Å². The standard InChI is InChI=1S/C19H26N4O2/c1-15(2)23(14-16-8-5-4-6-9-16)19(24)17-12-22-18(13-21-17)20-10-7-11-25-3/h4-6,8-9,12-13,15H,7,10-11,14H2,1-3H3,(H,20,22). The van der Waals surface area contributed by atoms with Crippen LogP contribution >= 0.6 is 0 Å². The summed E-state index contributed by atoms with van der Waals surface area (Å²) in [4.78, 5) is 23.1. The highest BCUT2D eigenvalue weighted by atomic mass is 16.5. The van der Waals surface area contributed by atoms with E-state index in [4.69, 9.17) is 4.74 Å². The van der Waals surface area contributed by atoms with Crippen molar-refractivity contribution in [3.8, 4) is 0 Å². The highest BCUT2D eigenvalue weighted by molar-refractivity contribution is 5.92. The van der Waals surface area contributed by atoms with Crippen LogP contribution in [0.1, 0.15) is 36.3 Å². The number of amides is 1. The van der Waals surface area contributed by atoms with Crippen LogP contribution in [0, 0.1) is 0 Å². The van der Waals surface area contributed by atoms with Gasteiger partial charge in [0.05, 0.1) is 12.4 Å². The van der Waals surface area contributed by atoms with E-state index in [0.717, 1.165) is 18.5 Å². The largest absolute Gasteiger partial charge is 0.385 e. The third-order valence-electron chi connectivity index (χ3n) is 3.78. The smallest absolute Gasteiger partial charge is 0.274 e. The zero-order chi connectivity index (χ0) is 18.1. The summed E-state index contributed by atoms with van der Waals surface area (Å²) in [5, 5.41) is 3.16. The maximum Gasteiger partial charge on any atom is 0.274 e. The van der Waals surface area contributed by atoms with E-state index in [9.17, 15) is 4.79 Å². The third-order valence-corrected chi connectivity index (χ3v) is 3.78. The lowest BCUT2D eigenvalue weighted by molar-refractivity contribution is 0.0684. The number of ether oxygens (including phenoxy) is 1. The van der Waals surface area contributed by atoms with E-state index >= 15 is 0 Å². The van der Waals surface area contributed by atoms with Crippen molar-refractivity contribution in [3.05, 3.63) is 54.0 Å². The lowest BCUT2D eigenvalue weighted by Gasteiger charge is -2.26. The van der Waals surface area contributed by atoms with Gasteiger partial charge in [0, 0.05) is 32.8 Å². The average molecular weight is 342 g/mol. The molecule has 0 saturated carbocycles. The van der Waals surface area contributed by atoms with E-state index in [1.54, 1.807) is 18.2 Å². The number of benzene rings is 1. The van der Waals surface area contributed by atoms with Crippen LogP contribution in [0.2, 0.25) is 0 Å². The van der Waals surface area contributed by atoms with E-state index in [1.807, 2.05) is 44.2 Å². The summed E-state index contributed by atoms with van der Waals surface area (Å²) in [6, 6.07) is 10.0. The van der Waals surface area contributed by atoms with Gasteiger partial charge in [0.1, 0.15) is 11.5 Å². The second-order valence-corrected chi connectivity index (χ2v) is 6.07. The van der Waals surface area contributed by atoms with Gasteiger partial charge in [0.25, 0.3) is 5.91 Å². The molecule has 6 nitrogen and oxygen atoms in total. The highest BCUT2D eigenvalue weighted by Gasteiger charge is 2.20. The number of methoxy groups -OCH3 is 1. The van der Waals surface area contributed by atoms with Crippen LogP contribution in [0.4, 0.5) is 5.82 Å². The van der Waals surface area contributed by atoms with E-state index in [0.29, 0.717) is 24.7 Å². The van der Waals surface area contributed by atoms with Gasteiger partial charge in [-0.25, -0.2) is 9.97 Å². The molecule has 2 aromatic rings. The van der Waals surface area contributed by atoms with Gasteiger partial charge in [-0.1, -0.05) is 30.3 Å². The molecule has 0 aliphatic heterocycles. The molecule has 1 amide bonds. The Bertz CT molecular complexity index is 644. The van der Waals surface area contributed by atoms with E-state index in [-0.39, 0.29) is 11.9 Å². The molecule has 6 heteroatoms. The molecule has 0 atom stereocenters. The summed E-state index contributed by atoms with van der Waals surface area (Å²) < 4.78 is 5.00. The Hall–Kier alpha value is -2.47. The molecule has 0 spiro atoms. The van der Waals surface area contributed by atoms with Crippen LogP contribution < -0.4 is 5.32 Å². The van der Waals surface area contributed by atoms with Gasteiger partial charge in [-0.05, 0) is 25.8 Å². The van der Waals surface area contributed by atoms with Gasteiger partial charge in [-0.15, -0.1) is 0 Å². The normalized spacial score (nSPS) is 10.7. The molecule has 1 aromatic heterocycles. The van der Waals surface area contributed by atoms with E-state index in [2.05, 4.69) is 15.3 Å². The number of rotatable bonds is 9. The van der Waals surface area contributed by atoms with Crippen molar-refractivity contribution < 1.29 is 9.53 Å². The summed E-state index contributed by atoms with van der Waals surface area (Å²) in [7, 11) is 1.68. The number of aromatic nitrogens is 2. The Morgan fingerprint density at radius 2 is 1.96 bits per heavy atom. The number of anilines is 1. The lowest BCUT2D eigenvalue weighted by Crippen LogP contribution is -2.37. The molecule has 0 aliphatic carbocycles. The van der Waals surface area contributed by atoms with Crippen LogP contribution in [0.3, 0.4) is 0 Å². The van der Waals surface area contributed by atoms with E-state index < -0.39 is 0 Å². The SMILES string of the molecule is COCCCNc1cnc(C(=O)N(Cc2ccccc2)C(C)C)cn1. The van der Waals surface area contributed by atoms with Crippen LogP contribution in [0.5, 0.6) is 0 Å². The Morgan fingerprint density at radius 1 is 1.20 bits per heavy atom. The Labute approximate surface area is 149 Å². The number of carbonyl (C=O) groups is 1. The fraction of sp³-hybridized carbons (Fsp3) is 0.421. The van der Waals surface area contributed by atoms with Crippen LogP contribution in [-0.2, 0) is 11.3 Å². The number of hydrogen-bond acceptors (Lipinski definition) is 5. The Kier molecular flexibility index (Phi) is 7.35. The minimum atomic E-state index is -0.114. The third kappa shape index (κ3) is 5.83. The maximum absolute atomic E-state index is 12.8. The summed E-state index contributed by atoms with van der Waals surface area (Å²) in [6.45, 7) is 6.00. The molecular weight excluding hydrogens is 316 g/mol. The zero-order valence-electron chi connectivity index (χ0n) is 15.1. The minimum Gasteiger partial charge on any atom is -0.385 e. The van der Waals surface area contributed by atoms with Gasteiger partial charge >= 0.3 is 0 Å². The zero-order valence-corrected chi connectivity index (χ0v) is 15.1.